The molecule has 4 nitrogen and oxygen atoms in total. The van der Waals surface area contributed by atoms with Gasteiger partial charge in [-0.2, -0.15) is 11.8 Å². The third-order valence-electron chi connectivity index (χ3n) is 4.79. The lowest BCUT2D eigenvalue weighted by atomic mass is 10.1. The molecule has 2 heterocycles. The number of nitrogens with zero attached hydrogens (tertiary/aromatic N) is 2. The van der Waals surface area contributed by atoms with Crippen molar-refractivity contribution in [3.63, 3.8) is 0 Å². The van der Waals surface area contributed by atoms with E-state index in [-0.39, 0.29) is 24.0 Å². The first-order valence-electron chi connectivity index (χ1n) is 8.49. The van der Waals surface area contributed by atoms with E-state index in [1.54, 1.807) is 0 Å². The molecule has 2 aliphatic rings. The van der Waals surface area contributed by atoms with Crippen molar-refractivity contribution in [3.8, 4) is 0 Å². The van der Waals surface area contributed by atoms with Crippen LogP contribution in [0.25, 0.3) is 0 Å². The molecule has 2 saturated heterocycles. The molecule has 2 fully saturated rings. The Balaban J connectivity index is 0.00000242. The van der Waals surface area contributed by atoms with Crippen LogP contribution < -0.4 is 10.6 Å². The molecule has 0 spiro atoms. The first-order chi connectivity index (χ1) is 10.2. The molecule has 22 heavy (non-hydrogen) atoms. The molecular weight excluding hydrogens is 407 g/mol. The number of likely N-dealkylation sites (tertiary alicyclic amines) is 1. The van der Waals surface area contributed by atoms with Gasteiger partial charge in [0.1, 0.15) is 0 Å². The van der Waals surface area contributed by atoms with Gasteiger partial charge >= 0.3 is 0 Å². The molecular formula is C16H33IN4S. The first kappa shape index (κ1) is 20.4. The summed E-state index contributed by atoms with van der Waals surface area (Å²) in [5.74, 6) is 2.26. The molecule has 6 heteroatoms. The highest BCUT2D eigenvalue weighted by Crippen LogP contribution is 2.36. The molecule has 0 aliphatic carbocycles. The average molecular weight is 440 g/mol. The Kier molecular flexibility index (Phi) is 9.47. The minimum Gasteiger partial charge on any atom is -0.355 e. The second-order valence-electron chi connectivity index (χ2n) is 6.51. The Labute approximate surface area is 157 Å². The quantitative estimate of drug-likeness (QED) is 0.379. The Morgan fingerprint density at radius 3 is 2.55 bits per heavy atom. The molecule has 0 aromatic heterocycles. The predicted octanol–water partition coefficient (Wildman–Crippen LogP) is 2.93. The maximum Gasteiger partial charge on any atom is 0.191 e. The molecule has 0 saturated carbocycles. The Morgan fingerprint density at radius 1 is 1.27 bits per heavy atom. The lowest BCUT2D eigenvalue weighted by Gasteiger charge is -2.28. The Hall–Kier alpha value is 0.310. The molecule has 130 valence electrons. The molecule has 2 N–H and O–H groups in total. The van der Waals surface area contributed by atoms with Gasteiger partial charge in [0.05, 0.1) is 0 Å². The SMILES string of the molecule is CCC(CNC(=NC)NCC1(C)CCCS1)N1CCCC1.I. The third kappa shape index (κ3) is 6.07. The fraction of sp³-hybridized carbons (Fsp3) is 0.938. The molecule has 0 amide bonds. The van der Waals surface area contributed by atoms with E-state index in [2.05, 4.69) is 46.1 Å². The van der Waals surface area contributed by atoms with Crippen molar-refractivity contribution in [2.45, 2.75) is 56.7 Å². The minimum atomic E-state index is 0. The molecule has 0 aromatic carbocycles. The molecule has 2 rings (SSSR count). The lowest BCUT2D eigenvalue weighted by molar-refractivity contribution is 0.236. The zero-order valence-electron chi connectivity index (χ0n) is 14.4. The van der Waals surface area contributed by atoms with Crippen LogP contribution in [-0.2, 0) is 0 Å². The predicted molar refractivity (Wildman–Crippen MR) is 110 cm³/mol. The highest BCUT2D eigenvalue weighted by molar-refractivity contribution is 14.0. The van der Waals surface area contributed by atoms with E-state index in [0.717, 1.165) is 19.0 Å². The van der Waals surface area contributed by atoms with Gasteiger partial charge in [0.15, 0.2) is 5.96 Å². The molecule has 2 unspecified atom stereocenters. The second-order valence-corrected chi connectivity index (χ2v) is 8.20. The van der Waals surface area contributed by atoms with Gasteiger partial charge in [0.2, 0.25) is 0 Å². The topological polar surface area (TPSA) is 39.7 Å². The highest BCUT2D eigenvalue weighted by Gasteiger charge is 2.29. The summed E-state index contributed by atoms with van der Waals surface area (Å²) < 4.78 is 0.386. The van der Waals surface area contributed by atoms with Crippen molar-refractivity contribution in [3.05, 3.63) is 0 Å². The van der Waals surface area contributed by atoms with Crippen LogP contribution in [-0.4, -0.2) is 60.6 Å². The largest absolute Gasteiger partial charge is 0.355 e. The molecule has 2 aliphatic heterocycles. The van der Waals surface area contributed by atoms with E-state index in [4.69, 9.17) is 0 Å². The summed E-state index contributed by atoms with van der Waals surface area (Å²) in [6, 6.07) is 0.641. The van der Waals surface area contributed by atoms with Gasteiger partial charge in [-0.1, -0.05) is 6.92 Å². The zero-order chi connectivity index (χ0) is 15.1. The maximum absolute atomic E-state index is 4.38. The van der Waals surface area contributed by atoms with E-state index < -0.39 is 0 Å². The second kappa shape index (κ2) is 10.2. The van der Waals surface area contributed by atoms with Crippen molar-refractivity contribution in [1.82, 2.24) is 15.5 Å². The summed E-state index contributed by atoms with van der Waals surface area (Å²) in [5, 5.41) is 7.05. The van der Waals surface area contributed by atoms with Crippen LogP contribution in [0.2, 0.25) is 0 Å². The van der Waals surface area contributed by atoms with Crippen LogP contribution in [0.5, 0.6) is 0 Å². The highest BCUT2D eigenvalue weighted by atomic mass is 127. The van der Waals surface area contributed by atoms with Crippen molar-refractivity contribution < 1.29 is 0 Å². The van der Waals surface area contributed by atoms with Gasteiger partial charge in [-0.15, -0.1) is 24.0 Å². The van der Waals surface area contributed by atoms with E-state index in [1.807, 2.05) is 7.05 Å². The van der Waals surface area contributed by atoms with Gasteiger partial charge in [-0.05, 0) is 57.9 Å². The first-order valence-corrected chi connectivity index (χ1v) is 9.48. The molecule has 2 atom stereocenters. The van der Waals surface area contributed by atoms with Crippen LogP contribution >= 0.6 is 35.7 Å². The summed E-state index contributed by atoms with van der Waals surface area (Å²) in [6.07, 6.45) is 6.59. The Morgan fingerprint density at radius 2 is 2.00 bits per heavy atom. The van der Waals surface area contributed by atoms with E-state index >= 15 is 0 Å². The zero-order valence-corrected chi connectivity index (χ0v) is 17.5. The summed E-state index contributed by atoms with van der Waals surface area (Å²) in [6.45, 7) is 9.20. The molecule has 0 radical (unpaired) electrons. The number of hydrogen-bond donors (Lipinski definition) is 2. The fourth-order valence-corrected chi connectivity index (χ4v) is 4.56. The van der Waals surface area contributed by atoms with E-state index in [0.29, 0.717) is 10.8 Å². The Bertz CT molecular complexity index is 339. The van der Waals surface area contributed by atoms with Crippen molar-refractivity contribution >= 4 is 41.7 Å². The maximum atomic E-state index is 4.38. The van der Waals surface area contributed by atoms with Crippen molar-refractivity contribution in [2.75, 3.05) is 39.0 Å². The molecule has 0 bridgehead atoms. The van der Waals surface area contributed by atoms with Crippen molar-refractivity contribution in [2.24, 2.45) is 4.99 Å². The van der Waals surface area contributed by atoms with Gasteiger partial charge in [0, 0.05) is 30.9 Å². The lowest BCUT2D eigenvalue weighted by Crippen LogP contribution is -2.48. The smallest absolute Gasteiger partial charge is 0.191 e. The average Bonchev–Trinajstić information content (AvgIpc) is 3.15. The number of halogens is 1. The van der Waals surface area contributed by atoms with Crippen LogP contribution in [0.3, 0.4) is 0 Å². The minimum absolute atomic E-state index is 0. The fourth-order valence-electron chi connectivity index (χ4n) is 3.32. The van der Waals surface area contributed by atoms with Gasteiger partial charge in [-0.25, -0.2) is 0 Å². The number of rotatable bonds is 6. The number of guanidine groups is 1. The van der Waals surface area contributed by atoms with Gasteiger partial charge < -0.3 is 10.6 Å². The summed E-state index contributed by atoms with van der Waals surface area (Å²) in [4.78, 5) is 7.00. The van der Waals surface area contributed by atoms with Crippen LogP contribution in [0.1, 0.15) is 46.0 Å². The van der Waals surface area contributed by atoms with E-state index in [1.165, 1.54) is 50.9 Å². The summed E-state index contributed by atoms with van der Waals surface area (Å²) >= 11 is 2.09. The standard InChI is InChI=1S/C16H32N4S.HI/c1-4-14(20-9-5-6-10-20)12-18-15(17-3)19-13-16(2)8-7-11-21-16;/h14H,4-13H2,1-3H3,(H2,17,18,19);1H. The van der Waals surface area contributed by atoms with Crippen LogP contribution in [0, 0.1) is 0 Å². The van der Waals surface area contributed by atoms with Crippen LogP contribution in [0.4, 0.5) is 0 Å². The normalized spacial score (nSPS) is 27.5. The number of nitrogens with one attached hydrogen (secondary N) is 2. The number of thioether (sulfide) groups is 1. The number of aliphatic imine (C=N–C) groups is 1. The monoisotopic (exact) mass is 440 g/mol. The van der Waals surface area contributed by atoms with E-state index in [9.17, 15) is 0 Å². The van der Waals surface area contributed by atoms with Gasteiger partial charge in [0.25, 0.3) is 0 Å². The van der Waals surface area contributed by atoms with Crippen molar-refractivity contribution in [1.29, 1.82) is 0 Å². The number of hydrogen-bond acceptors (Lipinski definition) is 3. The molecule has 0 aromatic rings. The van der Waals surface area contributed by atoms with Gasteiger partial charge in [-0.3, -0.25) is 9.89 Å². The summed E-state index contributed by atoms with van der Waals surface area (Å²) in [7, 11) is 1.87. The summed E-state index contributed by atoms with van der Waals surface area (Å²) in [5.41, 5.74) is 0. The third-order valence-corrected chi connectivity index (χ3v) is 6.33. The van der Waals surface area contributed by atoms with Crippen LogP contribution in [0.15, 0.2) is 4.99 Å².